The molecule has 0 amide bonds. The zero-order valence-corrected chi connectivity index (χ0v) is 13.0. The Hall–Kier alpha value is -1.66. The van der Waals surface area contributed by atoms with Gasteiger partial charge in [-0.2, -0.15) is 0 Å². The highest BCUT2D eigenvalue weighted by atomic mass is 35.5. The van der Waals surface area contributed by atoms with Gasteiger partial charge in [0.05, 0.1) is 18.1 Å². The monoisotopic (exact) mass is 323 g/mol. The van der Waals surface area contributed by atoms with Crippen molar-refractivity contribution >= 4 is 27.3 Å². The van der Waals surface area contributed by atoms with Gasteiger partial charge in [0.15, 0.2) is 0 Å². The number of halogens is 1. The van der Waals surface area contributed by atoms with Crippen LogP contribution < -0.4 is 4.31 Å². The first-order chi connectivity index (χ1) is 10.00. The first kappa shape index (κ1) is 14.3. The Morgan fingerprint density at radius 3 is 2.67 bits per heavy atom. The van der Waals surface area contributed by atoms with E-state index in [1.807, 2.05) is 25.1 Å². The highest BCUT2D eigenvalue weighted by Gasteiger charge is 2.30. The molecule has 1 aliphatic heterocycles. The van der Waals surface area contributed by atoms with Crippen molar-refractivity contribution in [3.8, 4) is 0 Å². The predicted octanol–water partition coefficient (Wildman–Crippen LogP) is 2.58. The van der Waals surface area contributed by atoms with E-state index in [1.165, 1.54) is 16.7 Å². The molecule has 2 aromatic rings. The molecule has 110 valence electrons. The van der Waals surface area contributed by atoms with Gasteiger partial charge in [-0.05, 0) is 42.5 Å². The fourth-order valence-corrected chi connectivity index (χ4v) is 4.20. The van der Waals surface area contributed by atoms with Gasteiger partial charge in [0.1, 0.15) is 4.90 Å². The molecule has 0 spiro atoms. The average Bonchev–Trinajstić information content (AvgIpc) is 2.47. The van der Waals surface area contributed by atoms with Crippen molar-refractivity contribution in [3.05, 3.63) is 47.0 Å². The lowest BCUT2D eigenvalue weighted by molar-refractivity contribution is 0.585. The Morgan fingerprint density at radius 1 is 1.24 bits per heavy atom. The highest BCUT2D eigenvalue weighted by Crippen LogP contribution is 2.34. The third-order valence-electron chi connectivity index (χ3n) is 3.56. The zero-order valence-electron chi connectivity index (χ0n) is 11.5. The molecule has 0 aliphatic carbocycles. The minimum atomic E-state index is -3.67. The second-order valence-electron chi connectivity index (χ2n) is 4.95. The van der Waals surface area contributed by atoms with Crippen LogP contribution in [0.1, 0.15) is 17.5 Å². The van der Waals surface area contributed by atoms with E-state index in [9.17, 15) is 8.42 Å². The molecular weight excluding hydrogens is 310 g/mol. The van der Waals surface area contributed by atoms with Crippen LogP contribution in [0.4, 0.5) is 5.69 Å². The smallest absolute Gasteiger partial charge is 0.266 e. The molecule has 0 saturated carbocycles. The van der Waals surface area contributed by atoms with E-state index in [2.05, 4.69) is 9.97 Å². The quantitative estimate of drug-likeness (QED) is 0.797. The normalized spacial score (nSPS) is 14.9. The molecule has 1 aromatic heterocycles. The molecule has 0 radical (unpaired) electrons. The number of hydrogen-bond acceptors (Lipinski definition) is 4. The van der Waals surface area contributed by atoms with Crippen molar-refractivity contribution in [2.45, 2.75) is 24.7 Å². The second-order valence-corrected chi connectivity index (χ2v) is 7.15. The molecule has 0 bridgehead atoms. The van der Waals surface area contributed by atoms with Crippen LogP contribution in [0.5, 0.6) is 0 Å². The van der Waals surface area contributed by atoms with E-state index in [0.717, 1.165) is 29.7 Å². The summed E-state index contributed by atoms with van der Waals surface area (Å²) in [5.74, 6) is 0. The van der Waals surface area contributed by atoms with Gasteiger partial charge in [-0.25, -0.2) is 18.4 Å². The van der Waals surface area contributed by atoms with Crippen molar-refractivity contribution in [3.63, 3.8) is 0 Å². The van der Waals surface area contributed by atoms with Crippen molar-refractivity contribution in [1.82, 2.24) is 9.97 Å². The van der Waals surface area contributed by atoms with Crippen LogP contribution >= 0.6 is 11.6 Å². The lowest BCUT2D eigenvalue weighted by atomic mass is 10.0. The number of fused-ring (bicyclic) bond motifs is 1. The SMILES string of the molecule is Cc1cccc2c1N(S(=O)(=O)c1cnc(Cl)nc1)CCC2. The molecular formula is C14H14ClN3O2S. The van der Waals surface area contributed by atoms with Gasteiger partial charge < -0.3 is 0 Å². The molecule has 0 unspecified atom stereocenters. The predicted molar refractivity (Wildman–Crippen MR) is 81.1 cm³/mol. The highest BCUT2D eigenvalue weighted by molar-refractivity contribution is 7.92. The summed E-state index contributed by atoms with van der Waals surface area (Å²) in [6.07, 6.45) is 4.18. The third-order valence-corrected chi connectivity index (χ3v) is 5.51. The van der Waals surface area contributed by atoms with E-state index in [1.54, 1.807) is 0 Å². The summed E-state index contributed by atoms with van der Waals surface area (Å²) in [4.78, 5) is 7.59. The van der Waals surface area contributed by atoms with Crippen molar-refractivity contribution in [2.24, 2.45) is 0 Å². The Balaban J connectivity index is 2.12. The molecule has 0 atom stereocenters. The van der Waals surface area contributed by atoms with Crippen molar-refractivity contribution in [1.29, 1.82) is 0 Å². The van der Waals surface area contributed by atoms with Crippen LogP contribution in [-0.4, -0.2) is 24.9 Å². The Bertz CT molecular complexity index is 775. The third kappa shape index (κ3) is 2.49. The van der Waals surface area contributed by atoms with Gasteiger partial charge in [0, 0.05) is 6.54 Å². The van der Waals surface area contributed by atoms with Crippen molar-refractivity contribution in [2.75, 3.05) is 10.8 Å². The number of aromatic nitrogens is 2. The van der Waals surface area contributed by atoms with E-state index in [4.69, 9.17) is 11.6 Å². The minimum absolute atomic E-state index is 0.0316. The molecule has 1 aliphatic rings. The van der Waals surface area contributed by atoms with Gasteiger partial charge in [-0.15, -0.1) is 0 Å². The zero-order chi connectivity index (χ0) is 15.0. The van der Waals surface area contributed by atoms with Gasteiger partial charge in [-0.1, -0.05) is 18.2 Å². The van der Waals surface area contributed by atoms with Crippen molar-refractivity contribution < 1.29 is 8.42 Å². The molecule has 0 fully saturated rings. The molecule has 21 heavy (non-hydrogen) atoms. The van der Waals surface area contributed by atoms with Gasteiger partial charge >= 0.3 is 0 Å². The van der Waals surface area contributed by atoms with Crippen LogP contribution in [0.15, 0.2) is 35.5 Å². The maximum atomic E-state index is 12.8. The summed E-state index contributed by atoms with van der Waals surface area (Å²) in [6.45, 7) is 2.38. The number of anilines is 1. The van der Waals surface area contributed by atoms with E-state index < -0.39 is 10.0 Å². The molecule has 2 heterocycles. The fraction of sp³-hybridized carbons (Fsp3) is 0.286. The molecule has 0 saturated heterocycles. The minimum Gasteiger partial charge on any atom is -0.266 e. The molecule has 7 heteroatoms. The number of rotatable bonds is 2. The van der Waals surface area contributed by atoms with Crippen LogP contribution in [-0.2, 0) is 16.4 Å². The largest absolute Gasteiger partial charge is 0.267 e. The Labute approximate surface area is 128 Å². The Kier molecular flexibility index (Phi) is 3.59. The number of hydrogen-bond donors (Lipinski definition) is 0. The van der Waals surface area contributed by atoms with E-state index >= 15 is 0 Å². The summed E-state index contributed by atoms with van der Waals surface area (Å²) < 4.78 is 27.1. The number of aryl methyl sites for hydroxylation is 2. The van der Waals surface area contributed by atoms with Crippen LogP contribution in [0.25, 0.3) is 0 Å². The maximum absolute atomic E-state index is 12.8. The first-order valence-corrected chi connectivity index (χ1v) is 8.41. The van der Waals surface area contributed by atoms with Crippen LogP contribution in [0.3, 0.4) is 0 Å². The number of para-hydroxylation sites is 1. The summed E-state index contributed by atoms with van der Waals surface area (Å²) in [6, 6.07) is 5.85. The number of benzene rings is 1. The standard InChI is InChI=1S/C14H14ClN3O2S/c1-10-4-2-5-11-6-3-7-18(13(10)11)21(19,20)12-8-16-14(15)17-9-12/h2,4-5,8-9H,3,6-7H2,1H3. The lowest BCUT2D eigenvalue weighted by Gasteiger charge is -2.31. The fourth-order valence-electron chi connectivity index (χ4n) is 2.60. The molecule has 3 rings (SSSR count). The molecule has 1 aromatic carbocycles. The summed E-state index contributed by atoms with van der Waals surface area (Å²) in [5, 5.41) is 0.0316. The topological polar surface area (TPSA) is 63.2 Å². The Morgan fingerprint density at radius 2 is 1.95 bits per heavy atom. The molecule has 0 N–H and O–H groups in total. The average molecular weight is 324 g/mol. The van der Waals surface area contributed by atoms with Gasteiger partial charge in [-0.3, -0.25) is 4.31 Å². The van der Waals surface area contributed by atoms with Crippen LogP contribution in [0.2, 0.25) is 5.28 Å². The number of nitrogens with zero attached hydrogens (tertiary/aromatic N) is 3. The maximum Gasteiger partial charge on any atom is 0.267 e. The molecule has 5 nitrogen and oxygen atoms in total. The van der Waals surface area contributed by atoms with E-state index in [-0.39, 0.29) is 10.2 Å². The second kappa shape index (κ2) is 5.27. The summed E-state index contributed by atoms with van der Waals surface area (Å²) in [7, 11) is -3.67. The summed E-state index contributed by atoms with van der Waals surface area (Å²) in [5.41, 5.74) is 2.78. The summed E-state index contributed by atoms with van der Waals surface area (Å²) >= 11 is 5.62. The number of sulfonamides is 1. The van der Waals surface area contributed by atoms with Crippen LogP contribution in [0, 0.1) is 6.92 Å². The van der Waals surface area contributed by atoms with Gasteiger partial charge in [0.25, 0.3) is 10.0 Å². The van der Waals surface area contributed by atoms with E-state index in [0.29, 0.717) is 6.54 Å². The first-order valence-electron chi connectivity index (χ1n) is 6.59. The lowest BCUT2D eigenvalue weighted by Crippen LogP contribution is -2.36. The van der Waals surface area contributed by atoms with Gasteiger partial charge in [0.2, 0.25) is 5.28 Å².